The van der Waals surface area contributed by atoms with E-state index in [1.165, 1.54) is 230 Å². The van der Waals surface area contributed by atoms with Crippen molar-refractivity contribution in [2.75, 3.05) is 26.7 Å². The van der Waals surface area contributed by atoms with E-state index in [4.69, 9.17) is 0 Å². The molecule has 0 unspecified atom stereocenters. The van der Waals surface area contributed by atoms with Crippen molar-refractivity contribution >= 4 is 0 Å². The van der Waals surface area contributed by atoms with Crippen LogP contribution in [0.15, 0.2) is 0 Å². The SMILES string of the molecule is CCCCCCCCCCCCCCCCCC[N+](C)(CCCCCCCCCC)CCCCCCCCCC.[F-]. The highest BCUT2D eigenvalue weighted by Crippen LogP contribution is 2.18. The second kappa shape index (κ2) is 36.1. The molecule has 0 bridgehead atoms. The van der Waals surface area contributed by atoms with E-state index < -0.39 is 0 Å². The van der Waals surface area contributed by atoms with Gasteiger partial charge in [-0.3, -0.25) is 0 Å². The topological polar surface area (TPSA) is 0 Å². The lowest BCUT2D eigenvalue weighted by Gasteiger charge is -2.35. The van der Waals surface area contributed by atoms with Crippen LogP contribution >= 0.6 is 0 Å². The first kappa shape index (κ1) is 43.0. The molecule has 0 atom stereocenters. The molecule has 0 aliphatic carbocycles. The van der Waals surface area contributed by atoms with Crippen molar-refractivity contribution < 1.29 is 9.19 Å². The van der Waals surface area contributed by atoms with Gasteiger partial charge in [-0.1, -0.05) is 188 Å². The second-order valence-corrected chi connectivity index (χ2v) is 14.0. The molecule has 0 aromatic rings. The lowest BCUT2D eigenvalue weighted by Crippen LogP contribution is -3.00. The van der Waals surface area contributed by atoms with Gasteiger partial charge in [-0.25, -0.2) is 0 Å². The monoisotopic (exact) mass is 584 g/mol. The number of hydrogen-bond donors (Lipinski definition) is 0. The third-order valence-corrected chi connectivity index (χ3v) is 9.65. The third-order valence-electron chi connectivity index (χ3n) is 9.65. The molecule has 0 fully saturated rings. The number of nitrogens with zero attached hydrogens (tertiary/aromatic N) is 1. The molecular formula is C39H82FN. The zero-order chi connectivity index (χ0) is 29.2. The second-order valence-electron chi connectivity index (χ2n) is 14.0. The van der Waals surface area contributed by atoms with Crippen LogP contribution in [0.4, 0.5) is 0 Å². The molecule has 2 heteroatoms. The molecule has 0 rings (SSSR count). The fraction of sp³-hybridized carbons (Fsp3) is 1.00. The Morgan fingerprint density at radius 2 is 0.390 bits per heavy atom. The van der Waals surface area contributed by atoms with Gasteiger partial charge < -0.3 is 9.19 Å². The van der Waals surface area contributed by atoms with Crippen LogP contribution < -0.4 is 4.70 Å². The average Bonchev–Trinajstić information content (AvgIpc) is 2.95. The Labute approximate surface area is 261 Å². The maximum Gasteiger partial charge on any atom is 0.0784 e. The Kier molecular flexibility index (Phi) is 37.9. The third kappa shape index (κ3) is 34.3. The minimum absolute atomic E-state index is 0. The molecule has 0 radical (unpaired) electrons. The highest BCUT2D eigenvalue weighted by atomic mass is 19.0. The average molecular weight is 584 g/mol. The van der Waals surface area contributed by atoms with Crippen molar-refractivity contribution in [3.8, 4) is 0 Å². The van der Waals surface area contributed by atoms with Crippen LogP contribution in [0.5, 0.6) is 0 Å². The molecule has 250 valence electrons. The van der Waals surface area contributed by atoms with Gasteiger partial charge in [0.25, 0.3) is 0 Å². The number of halogens is 1. The number of quaternary nitrogens is 1. The minimum atomic E-state index is 0. The van der Waals surface area contributed by atoms with Crippen LogP contribution in [0.2, 0.25) is 0 Å². The molecule has 0 aliphatic heterocycles. The Hall–Kier alpha value is -0.110. The highest BCUT2D eigenvalue weighted by Gasteiger charge is 2.20. The van der Waals surface area contributed by atoms with Crippen LogP contribution in [0, 0.1) is 0 Å². The van der Waals surface area contributed by atoms with Crippen molar-refractivity contribution in [1.82, 2.24) is 0 Å². The minimum Gasteiger partial charge on any atom is -1.00 e. The number of unbranched alkanes of at least 4 members (excludes halogenated alkanes) is 29. The lowest BCUT2D eigenvalue weighted by molar-refractivity contribution is -0.910. The molecule has 0 heterocycles. The number of hydrogen-bond acceptors (Lipinski definition) is 0. The van der Waals surface area contributed by atoms with Gasteiger partial charge in [0.05, 0.1) is 26.7 Å². The van der Waals surface area contributed by atoms with Crippen molar-refractivity contribution in [1.29, 1.82) is 0 Å². The van der Waals surface area contributed by atoms with Crippen molar-refractivity contribution in [2.24, 2.45) is 0 Å². The molecule has 0 saturated heterocycles. The summed E-state index contributed by atoms with van der Waals surface area (Å²) in [5.74, 6) is 0. The highest BCUT2D eigenvalue weighted by molar-refractivity contribution is 4.53. The summed E-state index contributed by atoms with van der Waals surface area (Å²) in [6.45, 7) is 11.3. The van der Waals surface area contributed by atoms with Crippen molar-refractivity contribution in [2.45, 2.75) is 226 Å². The molecule has 0 spiro atoms. The normalized spacial score (nSPS) is 11.7. The van der Waals surface area contributed by atoms with E-state index in [1.807, 2.05) is 0 Å². The zero-order valence-corrected chi connectivity index (χ0v) is 29.6. The van der Waals surface area contributed by atoms with Crippen LogP contribution in [0.1, 0.15) is 226 Å². The van der Waals surface area contributed by atoms with Crippen LogP contribution in [0.25, 0.3) is 0 Å². The summed E-state index contributed by atoms with van der Waals surface area (Å²) in [6.07, 6.45) is 46.8. The zero-order valence-electron chi connectivity index (χ0n) is 29.6. The molecule has 0 aromatic carbocycles. The van der Waals surface area contributed by atoms with Gasteiger partial charge in [0, 0.05) is 0 Å². The molecule has 1 nitrogen and oxygen atoms in total. The van der Waals surface area contributed by atoms with E-state index in [0.717, 1.165) is 0 Å². The molecule has 0 aliphatic rings. The molecule has 0 N–H and O–H groups in total. The molecule has 0 aromatic heterocycles. The van der Waals surface area contributed by atoms with E-state index in [2.05, 4.69) is 27.8 Å². The Morgan fingerprint density at radius 1 is 0.244 bits per heavy atom. The summed E-state index contributed by atoms with van der Waals surface area (Å²) in [7, 11) is 2.60. The maximum atomic E-state index is 2.60. The van der Waals surface area contributed by atoms with Crippen LogP contribution in [0.3, 0.4) is 0 Å². The lowest BCUT2D eigenvalue weighted by atomic mass is 10.0. The first-order valence-corrected chi connectivity index (χ1v) is 19.5. The largest absolute Gasteiger partial charge is 1.00 e. The van der Waals surface area contributed by atoms with Gasteiger partial charge in [-0.15, -0.1) is 0 Å². The smallest absolute Gasteiger partial charge is 0.0784 e. The Balaban J connectivity index is 0. The van der Waals surface area contributed by atoms with Gasteiger partial charge in [-0.2, -0.15) is 0 Å². The fourth-order valence-electron chi connectivity index (χ4n) is 6.63. The summed E-state index contributed by atoms with van der Waals surface area (Å²) < 4.78 is 1.37. The summed E-state index contributed by atoms with van der Waals surface area (Å²) in [6, 6.07) is 0. The quantitative estimate of drug-likeness (QED) is 0.0514. The fourth-order valence-corrected chi connectivity index (χ4v) is 6.63. The summed E-state index contributed by atoms with van der Waals surface area (Å²) >= 11 is 0. The summed E-state index contributed by atoms with van der Waals surface area (Å²) in [5.41, 5.74) is 0. The van der Waals surface area contributed by atoms with Crippen LogP contribution in [-0.4, -0.2) is 31.2 Å². The van der Waals surface area contributed by atoms with Gasteiger partial charge in [-0.05, 0) is 38.5 Å². The molecular weight excluding hydrogens is 501 g/mol. The van der Waals surface area contributed by atoms with Gasteiger partial charge in [0.1, 0.15) is 0 Å². The standard InChI is InChI=1S/C39H82N.FH/c1-5-8-11-14-17-20-21-22-23-24-25-26-27-30-33-36-39-40(4,37-34-31-28-18-15-12-9-6-2)38-35-32-29-19-16-13-10-7-3;/h5-39H2,1-4H3;1H/q+1;/p-1. The van der Waals surface area contributed by atoms with Gasteiger partial charge in [0.15, 0.2) is 0 Å². The summed E-state index contributed by atoms with van der Waals surface area (Å²) in [5, 5.41) is 0. The maximum absolute atomic E-state index is 2.60. The van der Waals surface area contributed by atoms with E-state index in [9.17, 15) is 0 Å². The first-order chi connectivity index (χ1) is 19.7. The molecule has 0 amide bonds. The van der Waals surface area contributed by atoms with E-state index in [1.54, 1.807) is 0 Å². The Morgan fingerprint density at radius 3 is 0.561 bits per heavy atom. The van der Waals surface area contributed by atoms with Crippen LogP contribution in [-0.2, 0) is 0 Å². The predicted molar refractivity (Wildman–Crippen MR) is 186 cm³/mol. The van der Waals surface area contributed by atoms with E-state index in [0.29, 0.717) is 0 Å². The summed E-state index contributed by atoms with van der Waals surface area (Å²) in [4.78, 5) is 0. The van der Waals surface area contributed by atoms with Crippen molar-refractivity contribution in [3.63, 3.8) is 0 Å². The predicted octanol–water partition coefficient (Wildman–Crippen LogP) is 11.0. The number of rotatable bonds is 35. The molecule has 41 heavy (non-hydrogen) atoms. The first-order valence-electron chi connectivity index (χ1n) is 19.5. The van der Waals surface area contributed by atoms with Crippen molar-refractivity contribution in [3.05, 3.63) is 0 Å². The van der Waals surface area contributed by atoms with E-state index in [-0.39, 0.29) is 4.70 Å². The Bertz CT molecular complexity index is 431. The van der Waals surface area contributed by atoms with Gasteiger partial charge in [0.2, 0.25) is 0 Å². The van der Waals surface area contributed by atoms with Gasteiger partial charge >= 0.3 is 0 Å². The van der Waals surface area contributed by atoms with E-state index >= 15 is 0 Å². The molecule has 0 saturated carbocycles.